The van der Waals surface area contributed by atoms with Crippen molar-refractivity contribution in [3.63, 3.8) is 0 Å². The van der Waals surface area contributed by atoms with Gasteiger partial charge in [-0.3, -0.25) is 14.9 Å². The molecule has 0 aliphatic carbocycles. The molecule has 0 bridgehead atoms. The second kappa shape index (κ2) is 7.91. The number of anilines is 2. The lowest BCUT2D eigenvalue weighted by Crippen LogP contribution is -2.33. The summed E-state index contributed by atoms with van der Waals surface area (Å²) in [5.74, 6) is 0.277. The van der Waals surface area contributed by atoms with Gasteiger partial charge in [0.1, 0.15) is 5.69 Å². The van der Waals surface area contributed by atoms with E-state index >= 15 is 0 Å². The van der Waals surface area contributed by atoms with Crippen LogP contribution in [0.15, 0.2) is 60.7 Å². The topological polar surface area (TPSA) is 75.5 Å². The van der Waals surface area contributed by atoms with E-state index in [1.54, 1.807) is 12.1 Å². The van der Waals surface area contributed by atoms with E-state index in [9.17, 15) is 14.9 Å². The molecule has 4 rings (SSSR count). The molecule has 0 atom stereocenters. The van der Waals surface area contributed by atoms with Crippen molar-refractivity contribution in [3.05, 3.63) is 76.3 Å². The summed E-state index contributed by atoms with van der Waals surface area (Å²) in [5.41, 5.74) is 1.50. The molecule has 1 amide bonds. The summed E-state index contributed by atoms with van der Waals surface area (Å²) in [4.78, 5) is 26.0. The third-order valence-corrected chi connectivity index (χ3v) is 5.57. The lowest BCUT2D eigenvalue weighted by atomic mass is 9.98. The standard InChI is InChI=1S/C23H23N3O3/c1-16-10-12-25(13-11-16)21-9-7-19(15-22(21)26(28)29)23(27)24-20-8-6-17-4-2-3-5-18(17)14-20/h2-9,14-16H,10-13H2,1H3,(H,24,27). The molecule has 1 aliphatic heterocycles. The summed E-state index contributed by atoms with van der Waals surface area (Å²) < 4.78 is 0. The maximum absolute atomic E-state index is 12.7. The van der Waals surface area contributed by atoms with Crippen LogP contribution in [0.3, 0.4) is 0 Å². The van der Waals surface area contributed by atoms with Gasteiger partial charge in [0.2, 0.25) is 0 Å². The first-order valence-electron chi connectivity index (χ1n) is 9.85. The van der Waals surface area contributed by atoms with Gasteiger partial charge in [0.15, 0.2) is 0 Å². The van der Waals surface area contributed by atoms with Crippen molar-refractivity contribution in [3.8, 4) is 0 Å². The molecule has 1 fully saturated rings. The highest BCUT2D eigenvalue weighted by Gasteiger charge is 2.24. The van der Waals surface area contributed by atoms with Crippen LogP contribution in [0.5, 0.6) is 0 Å². The number of nitrogens with zero attached hydrogens (tertiary/aromatic N) is 2. The molecule has 29 heavy (non-hydrogen) atoms. The number of fused-ring (bicyclic) bond motifs is 1. The molecule has 6 nitrogen and oxygen atoms in total. The minimum absolute atomic E-state index is 0.0225. The molecule has 0 saturated carbocycles. The fraction of sp³-hybridized carbons (Fsp3) is 0.261. The zero-order chi connectivity index (χ0) is 20.4. The third-order valence-electron chi connectivity index (χ3n) is 5.57. The van der Waals surface area contributed by atoms with E-state index in [0.717, 1.165) is 36.7 Å². The summed E-state index contributed by atoms with van der Waals surface area (Å²) in [7, 11) is 0. The Bertz CT molecular complexity index is 1070. The number of hydrogen-bond acceptors (Lipinski definition) is 4. The van der Waals surface area contributed by atoms with Crippen LogP contribution in [0, 0.1) is 16.0 Å². The fourth-order valence-electron chi connectivity index (χ4n) is 3.80. The molecular weight excluding hydrogens is 366 g/mol. The van der Waals surface area contributed by atoms with Crippen molar-refractivity contribution in [2.24, 2.45) is 5.92 Å². The summed E-state index contributed by atoms with van der Waals surface area (Å²) in [6.45, 7) is 3.79. The first-order chi connectivity index (χ1) is 14.0. The molecule has 1 saturated heterocycles. The van der Waals surface area contributed by atoms with Crippen molar-refractivity contribution < 1.29 is 9.72 Å². The Balaban J connectivity index is 1.57. The molecule has 148 valence electrons. The Kier molecular flexibility index (Phi) is 5.16. The minimum Gasteiger partial charge on any atom is -0.366 e. The number of nitro benzene ring substituents is 1. The van der Waals surface area contributed by atoms with E-state index in [4.69, 9.17) is 0 Å². The number of benzene rings is 3. The lowest BCUT2D eigenvalue weighted by molar-refractivity contribution is -0.384. The highest BCUT2D eigenvalue weighted by molar-refractivity contribution is 6.06. The van der Waals surface area contributed by atoms with Gasteiger partial charge in [-0.2, -0.15) is 0 Å². The van der Waals surface area contributed by atoms with E-state index in [0.29, 0.717) is 17.3 Å². The van der Waals surface area contributed by atoms with Gasteiger partial charge in [0.25, 0.3) is 11.6 Å². The zero-order valence-corrected chi connectivity index (χ0v) is 16.3. The number of piperidine rings is 1. The summed E-state index contributed by atoms with van der Waals surface area (Å²) in [6, 6.07) is 18.3. The van der Waals surface area contributed by atoms with Crippen LogP contribution >= 0.6 is 0 Å². The minimum atomic E-state index is -0.403. The van der Waals surface area contributed by atoms with Gasteiger partial charge in [-0.1, -0.05) is 37.3 Å². The number of carbonyl (C=O) groups is 1. The zero-order valence-electron chi connectivity index (χ0n) is 16.3. The molecule has 3 aromatic rings. The number of nitro groups is 1. The van der Waals surface area contributed by atoms with Gasteiger partial charge in [0.05, 0.1) is 4.92 Å². The lowest BCUT2D eigenvalue weighted by Gasteiger charge is -2.31. The van der Waals surface area contributed by atoms with Gasteiger partial charge in [-0.25, -0.2) is 0 Å². The Morgan fingerprint density at radius 1 is 1.03 bits per heavy atom. The predicted octanol–water partition coefficient (Wildman–Crippen LogP) is 5.24. The van der Waals surface area contributed by atoms with Crippen molar-refractivity contribution in [1.82, 2.24) is 0 Å². The average molecular weight is 389 g/mol. The quantitative estimate of drug-likeness (QED) is 0.489. The smallest absolute Gasteiger partial charge is 0.293 e. The Morgan fingerprint density at radius 2 is 1.76 bits per heavy atom. The number of nitrogens with one attached hydrogen (secondary N) is 1. The molecule has 0 aromatic heterocycles. The number of amides is 1. The Hall–Kier alpha value is -3.41. The van der Waals surface area contributed by atoms with Crippen LogP contribution in [0.25, 0.3) is 10.8 Å². The molecule has 1 aliphatic rings. The third kappa shape index (κ3) is 4.06. The van der Waals surface area contributed by atoms with Gasteiger partial charge >= 0.3 is 0 Å². The normalized spacial score (nSPS) is 14.7. The molecule has 0 radical (unpaired) electrons. The number of carbonyl (C=O) groups excluding carboxylic acids is 1. The van der Waals surface area contributed by atoms with Crippen LogP contribution in [0.4, 0.5) is 17.1 Å². The monoisotopic (exact) mass is 389 g/mol. The summed E-state index contributed by atoms with van der Waals surface area (Å²) in [5, 5.41) is 16.6. The first kappa shape index (κ1) is 18.9. The maximum atomic E-state index is 12.7. The van der Waals surface area contributed by atoms with E-state index in [1.165, 1.54) is 6.07 Å². The summed E-state index contributed by atoms with van der Waals surface area (Å²) >= 11 is 0. The van der Waals surface area contributed by atoms with Crippen molar-refractivity contribution in [2.45, 2.75) is 19.8 Å². The van der Waals surface area contributed by atoms with Crippen molar-refractivity contribution >= 4 is 33.7 Å². The van der Waals surface area contributed by atoms with Crippen LogP contribution in [0.1, 0.15) is 30.1 Å². The van der Waals surface area contributed by atoms with E-state index < -0.39 is 4.92 Å². The van der Waals surface area contributed by atoms with Crippen molar-refractivity contribution in [1.29, 1.82) is 0 Å². The van der Waals surface area contributed by atoms with Crippen molar-refractivity contribution in [2.75, 3.05) is 23.3 Å². The average Bonchev–Trinajstić information content (AvgIpc) is 2.74. The van der Waals surface area contributed by atoms with E-state index in [1.807, 2.05) is 47.4 Å². The molecule has 0 spiro atoms. The van der Waals surface area contributed by atoms with Crippen LogP contribution in [-0.4, -0.2) is 23.9 Å². The molecule has 6 heteroatoms. The Labute approximate surface area is 169 Å². The fourth-order valence-corrected chi connectivity index (χ4v) is 3.80. The first-order valence-corrected chi connectivity index (χ1v) is 9.85. The predicted molar refractivity (Wildman–Crippen MR) is 116 cm³/mol. The highest BCUT2D eigenvalue weighted by Crippen LogP contribution is 2.32. The molecule has 1 heterocycles. The molecular formula is C23H23N3O3. The summed E-state index contributed by atoms with van der Waals surface area (Å²) in [6.07, 6.45) is 2.03. The molecule has 1 N–H and O–H groups in total. The SMILES string of the molecule is CC1CCN(c2ccc(C(=O)Nc3ccc4ccccc4c3)cc2[N+](=O)[O-])CC1. The van der Waals surface area contributed by atoms with Gasteiger partial charge < -0.3 is 10.2 Å². The van der Waals surface area contributed by atoms with Crippen LogP contribution in [0.2, 0.25) is 0 Å². The van der Waals surface area contributed by atoms with Gasteiger partial charge in [-0.15, -0.1) is 0 Å². The largest absolute Gasteiger partial charge is 0.366 e. The van der Waals surface area contributed by atoms with Crippen LogP contribution < -0.4 is 10.2 Å². The number of rotatable bonds is 4. The highest BCUT2D eigenvalue weighted by atomic mass is 16.6. The molecule has 3 aromatic carbocycles. The van der Waals surface area contributed by atoms with Gasteiger partial charge in [0, 0.05) is 30.4 Å². The second-order valence-electron chi connectivity index (χ2n) is 7.65. The molecule has 0 unspecified atom stereocenters. The second-order valence-corrected chi connectivity index (χ2v) is 7.65. The Morgan fingerprint density at radius 3 is 2.48 bits per heavy atom. The van der Waals surface area contributed by atoms with Gasteiger partial charge in [-0.05, 0) is 53.8 Å². The number of hydrogen-bond donors (Lipinski definition) is 1. The maximum Gasteiger partial charge on any atom is 0.293 e. The van der Waals surface area contributed by atoms with E-state index in [2.05, 4.69) is 12.2 Å². The van der Waals surface area contributed by atoms with E-state index in [-0.39, 0.29) is 17.2 Å². The van der Waals surface area contributed by atoms with Crippen LogP contribution in [-0.2, 0) is 0 Å².